The summed E-state index contributed by atoms with van der Waals surface area (Å²) in [5, 5.41) is 14.0. The molecule has 0 aromatic heterocycles. The number of Topliss-reactive ketones (excluding diaryl/α,β-unsaturated/α-hetero) is 1. The zero-order chi connectivity index (χ0) is 27.7. The van der Waals surface area contributed by atoms with E-state index in [9.17, 15) is 9.90 Å². The minimum absolute atomic E-state index is 0.0573. The van der Waals surface area contributed by atoms with Gasteiger partial charge >= 0.3 is 0 Å². The van der Waals surface area contributed by atoms with Crippen LogP contribution >= 0.6 is 0 Å². The molecule has 38 heavy (non-hydrogen) atoms. The van der Waals surface area contributed by atoms with E-state index in [4.69, 9.17) is 28.4 Å². The van der Waals surface area contributed by atoms with E-state index in [-0.39, 0.29) is 24.5 Å². The highest BCUT2D eigenvalue weighted by atomic mass is 16.5. The molecule has 0 spiro atoms. The number of phenols is 1. The topological polar surface area (TPSA) is 105 Å². The molecule has 0 aliphatic rings. The van der Waals surface area contributed by atoms with Crippen LogP contribution in [-0.2, 0) is 0 Å². The number of benzene rings is 3. The van der Waals surface area contributed by atoms with Gasteiger partial charge in [-0.05, 0) is 48.0 Å². The lowest BCUT2D eigenvalue weighted by Crippen LogP contribution is -2.10. The molecule has 0 saturated carbocycles. The Hall–Kier alpha value is -4.53. The normalized spacial score (nSPS) is 10.7. The van der Waals surface area contributed by atoms with E-state index in [1.165, 1.54) is 21.3 Å². The van der Waals surface area contributed by atoms with Crippen LogP contribution < -0.4 is 33.7 Å². The molecule has 2 N–H and O–H groups in total. The summed E-state index contributed by atoms with van der Waals surface area (Å²) in [7, 11) is 9.19. The highest BCUT2D eigenvalue weighted by molar-refractivity contribution is 5.97. The molecule has 0 unspecified atom stereocenters. The minimum Gasteiger partial charge on any atom is -0.503 e. The van der Waals surface area contributed by atoms with Crippen LogP contribution in [0.1, 0.15) is 27.9 Å². The molecule has 0 amide bonds. The van der Waals surface area contributed by atoms with E-state index in [0.717, 1.165) is 5.56 Å². The van der Waals surface area contributed by atoms with Gasteiger partial charge in [0.1, 0.15) is 0 Å². The van der Waals surface area contributed by atoms with Gasteiger partial charge in [0.05, 0.1) is 48.3 Å². The molecule has 202 valence electrons. The molecule has 0 fully saturated rings. The number of ketones is 1. The second-order valence-electron chi connectivity index (χ2n) is 8.04. The first kappa shape index (κ1) is 28.0. The van der Waals surface area contributed by atoms with Crippen molar-refractivity contribution < 1.29 is 38.3 Å². The number of hydrogen-bond acceptors (Lipinski definition) is 9. The number of nitrogens with one attached hydrogen (secondary N) is 1. The van der Waals surface area contributed by atoms with Gasteiger partial charge in [-0.3, -0.25) is 4.79 Å². The van der Waals surface area contributed by atoms with Crippen LogP contribution in [0.3, 0.4) is 0 Å². The maximum Gasteiger partial charge on any atom is 0.203 e. The van der Waals surface area contributed by atoms with Crippen molar-refractivity contribution in [2.24, 2.45) is 0 Å². The molecule has 3 aromatic rings. The summed E-state index contributed by atoms with van der Waals surface area (Å²) in [6.07, 6.45) is 3.87. The molecular weight excluding hydrogens is 490 g/mol. The average Bonchev–Trinajstić information content (AvgIpc) is 2.95. The summed E-state index contributed by atoms with van der Waals surface area (Å²) in [6, 6.07) is 12.1. The first-order valence-corrected chi connectivity index (χ1v) is 11.8. The molecule has 0 bridgehead atoms. The Kier molecular flexibility index (Phi) is 9.70. The van der Waals surface area contributed by atoms with Crippen LogP contribution in [0.5, 0.6) is 40.2 Å². The van der Waals surface area contributed by atoms with Crippen molar-refractivity contribution in [3.05, 3.63) is 59.2 Å². The van der Waals surface area contributed by atoms with Crippen LogP contribution in [0.25, 0.3) is 12.2 Å². The molecule has 0 aliphatic carbocycles. The zero-order valence-corrected chi connectivity index (χ0v) is 22.4. The molecule has 0 atom stereocenters. The molecule has 9 heteroatoms. The van der Waals surface area contributed by atoms with Gasteiger partial charge in [0.15, 0.2) is 40.3 Å². The molecule has 0 heterocycles. The summed E-state index contributed by atoms with van der Waals surface area (Å²) in [4.78, 5) is 12.8. The molecule has 3 aromatic carbocycles. The number of hydrogen-bond donors (Lipinski definition) is 2. The fourth-order valence-electron chi connectivity index (χ4n) is 3.92. The van der Waals surface area contributed by atoms with Gasteiger partial charge < -0.3 is 38.8 Å². The third kappa shape index (κ3) is 6.23. The summed E-state index contributed by atoms with van der Waals surface area (Å²) in [6.45, 7) is 0.277. The highest BCUT2D eigenvalue weighted by Crippen LogP contribution is 2.40. The number of carbonyl (C=O) groups is 1. The van der Waals surface area contributed by atoms with Gasteiger partial charge in [0.2, 0.25) is 5.75 Å². The van der Waals surface area contributed by atoms with E-state index in [0.29, 0.717) is 51.3 Å². The number of aromatic hydroxyl groups is 1. The Morgan fingerprint density at radius 2 is 1.34 bits per heavy atom. The number of ether oxygens (including phenoxy) is 6. The van der Waals surface area contributed by atoms with E-state index in [1.807, 2.05) is 30.4 Å². The number of carbonyl (C=O) groups excluding carboxylic acids is 1. The monoisotopic (exact) mass is 523 g/mol. The lowest BCUT2D eigenvalue weighted by atomic mass is 10.1. The molecule has 0 radical (unpaired) electrons. The van der Waals surface area contributed by atoms with Crippen molar-refractivity contribution in [1.82, 2.24) is 0 Å². The van der Waals surface area contributed by atoms with Crippen molar-refractivity contribution >= 4 is 23.6 Å². The Morgan fingerprint density at radius 3 is 1.92 bits per heavy atom. The summed E-state index contributed by atoms with van der Waals surface area (Å²) >= 11 is 0. The van der Waals surface area contributed by atoms with E-state index in [1.54, 1.807) is 45.6 Å². The van der Waals surface area contributed by atoms with Crippen molar-refractivity contribution in [3.8, 4) is 40.2 Å². The van der Waals surface area contributed by atoms with Crippen molar-refractivity contribution in [2.75, 3.05) is 54.5 Å². The van der Waals surface area contributed by atoms with Gasteiger partial charge in [-0.1, -0.05) is 12.2 Å². The van der Waals surface area contributed by atoms with Gasteiger partial charge in [-0.15, -0.1) is 0 Å². The van der Waals surface area contributed by atoms with Crippen molar-refractivity contribution in [2.45, 2.75) is 6.42 Å². The average molecular weight is 524 g/mol. The first-order valence-electron chi connectivity index (χ1n) is 11.8. The fourth-order valence-corrected chi connectivity index (χ4v) is 3.92. The SMILES string of the molecule is COc1ccc(C(=O)CCNc2c(/C=C\c3cc(OC)c(OC)c(OC)c3)ccc(OC)c2O)cc1OC. The number of anilines is 1. The van der Waals surface area contributed by atoms with Crippen LogP contribution in [0.15, 0.2) is 42.5 Å². The minimum atomic E-state index is -0.0876. The van der Waals surface area contributed by atoms with Gasteiger partial charge in [-0.25, -0.2) is 0 Å². The smallest absolute Gasteiger partial charge is 0.203 e. The summed E-state index contributed by atoms with van der Waals surface area (Å²) < 4.78 is 32.1. The quantitative estimate of drug-likeness (QED) is 0.175. The van der Waals surface area contributed by atoms with E-state index < -0.39 is 0 Å². The van der Waals surface area contributed by atoms with Crippen LogP contribution in [0, 0.1) is 0 Å². The van der Waals surface area contributed by atoms with Crippen LogP contribution in [-0.4, -0.2) is 60.1 Å². The molecule has 0 saturated heterocycles. The maximum atomic E-state index is 12.8. The molecule has 9 nitrogen and oxygen atoms in total. The van der Waals surface area contributed by atoms with Gasteiger partial charge in [0, 0.05) is 24.1 Å². The predicted molar refractivity (Wildman–Crippen MR) is 147 cm³/mol. The van der Waals surface area contributed by atoms with E-state index in [2.05, 4.69) is 5.32 Å². The fraction of sp³-hybridized carbons (Fsp3) is 0.276. The highest BCUT2D eigenvalue weighted by Gasteiger charge is 2.15. The Morgan fingerprint density at radius 1 is 0.737 bits per heavy atom. The second-order valence-corrected chi connectivity index (χ2v) is 8.04. The Bertz CT molecular complexity index is 1280. The first-order chi connectivity index (χ1) is 18.4. The van der Waals surface area contributed by atoms with Crippen LogP contribution in [0.2, 0.25) is 0 Å². The Labute approximate surface area is 222 Å². The van der Waals surface area contributed by atoms with Crippen LogP contribution in [0.4, 0.5) is 5.69 Å². The number of phenolic OH excluding ortho intramolecular Hbond substituents is 1. The number of rotatable bonds is 13. The van der Waals surface area contributed by atoms with E-state index >= 15 is 0 Å². The lowest BCUT2D eigenvalue weighted by Gasteiger charge is -2.15. The largest absolute Gasteiger partial charge is 0.503 e. The molecular formula is C29H33NO8. The molecule has 0 aliphatic heterocycles. The molecule has 3 rings (SSSR count). The van der Waals surface area contributed by atoms with Crippen molar-refractivity contribution in [3.63, 3.8) is 0 Å². The number of methoxy groups -OCH3 is 6. The summed E-state index contributed by atoms with van der Waals surface area (Å²) in [5.74, 6) is 2.74. The zero-order valence-electron chi connectivity index (χ0n) is 22.4. The Balaban J connectivity index is 1.83. The summed E-state index contributed by atoms with van der Waals surface area (Å²) in [5.41, 5.74) is 2.43. The van der Waals surface area contributed by atoms with Crippen molar-refractivity contribution in [1.29, 1.82) is 0 Å². The standard InChI is InChI=1S/C29H33NO8/c1-33-22-11-10-20(17-24(22)35-3)21(31)13-14-30-27-19(9-12-23(34-2)28(27)32)8-7-18-15-25(36-4)29(38-6)26(16-18)37-5/h7-12,15-17,30,32H,13-14H2,1-6H3/b8-7-. The third-order valence-electron chi connectivity index (χ3n) is 5.89. The second kappa shape index (κ2) is 13.1. The predicted octanol–water partition coefficient (Wildman–Crippen LogP) is 5.30. The van der Waals surface area contributed by atoms with Gasteiger partial charge in [-0.2, -0.15) is 0 Å². The van der Waals surface area contributed by atoms with Gasteiger partial charge in [0.25, 0.3) is 0 Å². The third-order valence-corrected chi connectivity index (χ3v) is 5.89. The maximum absolute atomic E-state index is 12.8. The lowest BCUT2D eigenvalue weighted by molar-refractivity contribution is 0.0986.